The van der Waals surface area contributed by atoms with E-state index < -0.39 is 12.1 Å². The Balaban J connectivity index is 1.23. The van der Waals surface area contributed by atoms with E-state index in [9.17, 15) is 14.4 Å². The van der Waals surface area contributed by atoms with E-state index in [-0.39, 0.29) is 37.3 Å². The predicted molar refractivity (Wildman–Crippen MR) is 128 cm³/mol. The van der Waals surface area contributed by atoms with Gasteiger partial charge < -0.3 is 20.1 Å². The fraction of sp³-hybridized carbons (Fsp3) is 0.423. The number of benzene rings is 2. The molecule has 0 aromatic heterocycles. The van der Waals surface area contributed by atoms with Crippen molar-refractivity contribution in [1.29, 1.82) is 0 Å². The minimum Gasteiger partial charge on any atom is -0.481 e. The SMILES string of the molecule is CC(CC(=O)N1CCN(CCC(=O)O)CC1)NC(=O)OCC1c2ccccc2-c2ccccc21. The van der Waals surface area contributed by atoms with Crippen molar-refractivity contribution >= 4 is 18.0 Å². The van der Waals surface area contributed by atoms with Crippen LogP contribution in [0.5, 0.6) is 0 Å². The molecule has 1 fully saturated rings. The summed E-state index contributed by atoms with van der Waals surface area (Å²) in [5.41, 5.74) is 4.66. The molecular formula is C26H31N3O5. The summed E-state index contributed by atoms with van der Waals surface area (Å²) in [6.45, 7) is 4.98. The number of ether oxygens (including phenoxy) is 1. The quantitative estimate of drug-likeness (QED) is 0.622. The van der Waals surface area contributed by atoms with Crippen LogP contribution in [0, 0.1) is 0 Å². The van der Waals surface area contributed by atoms with Crippen LogP contribution in [0.3, 0.4) is 0 Å². The average molecular weight is 466 g/mol. The summed E-state index contributed by atoms with van der Waals surface area (Å²) in [4.78, 5) is 39.6. The van der Waals surface area contributed by atoms with Gasteiger partial charge in [-0.1, -0.05) is 48.5 Å². The number of carbonyl (C=O) groups is 3. The van der Waals surface area contributed by atoms with E-state index in [2.05, 4.69) is 34.5 Å². The molecule has 1 aliphatic heterocycles. The lowest BCUT2D eigenvalue weighted by molar-refractivity contribution is -0.138. The highest BCUT2D eigenvalue weighted by Gasteiger charge is 2.29. The topological polar surface area (TPSA) is 99.2 Å². The summed E-state index contributed by atoms with van der Waals surface area (Å²) < 4.78 is 5.57. The number of fused-ring (bicyclic) bond motifs is 3. The number of nitrogens with one attached hydrogen (secondary N) is 1. The summed E-state index contributed by atoms with van der Waals surface area (Å²) in [5, 5.41) is 11.6. The van der Waals surface area contributed by atoms with Gasteiger partial charge in [0.15, 0.2) is 0 Å². The Morgan fingerprint density at radius 2 is 1.59 bits per heavy atom. The molecule has 0 spiro atoms. The molecule has 2 aromatic carbocycles. The second-order valence-electron chi connectivity index (χ2n) is 8.94. The largest absolute Gasteiger partial charge is 0.481 e. The summed E-state index contributed by atoms with van der Waals surface area (Å²) in [6, 6.07) is 16.0. The van der Waals surface area contributed by atoms with Crippen LogP contribution in [0.25, 0.3) is 11.1 Å². The van der Waals surface area contributed by atoms with E-state index in [1.54, 1.807) is 11.8 Å². The van der Waals surface area contributed by atoms with Gasteiger partial charge in [0.2, 0.25) is 5.91 Å². The normalized spacial score (nSPS) is 16.4. The van der Waals surface area contributed by atoms with E-state index in [0.717, 1.165) is 11.1 Å². The third kappa shape index (κ3) is 5.56. The number of amides is 2. The number of hydrogen-bond acceptors (Lipinski definition) is 5. The van der Waals surface area contributed by atoms with Crippen LogP contribution in [0.1, 0.15) is 36.8 Å². The van der Waals surface area contributed by atoms with Crippen LogP contribution < -0.4 is 5.32 Å². The third-order valence-electron chi connectivity index (χ3n) is 6.56. The maximum absolute atomic E-state index is 12.6. The van der Waals surface area contributed by atoms with E-state index in [1.807, 2.05) is 24.3 Å². The second kappa shape index (κ2) is 10.7. The molecule has 0 radical (unpaired) electrons. The minimum atomic E-state index is -0.813. The number of aliphatic carboxylic acids is 1. The van der Waals surface area contributed by atoms with Crippen molar-refractivity contribution in [3.63, 3.8) is 0 Å². The molecule has 180 valence electrons. The van der Waals surface area contributed by atoms with Gasteiger partial charge in [-0.3, -0.25) is 14.5 Å². The number of rotatable bonds is 8. The molecule has 0 bridgehead atoms. The Morgan fingerprint density at radius 3 is 2.18 bits per heavy atom. The molecule has 2 aliphatic rings. The number of alkyl carbamates (subject to hydrolysis) is 1. The average Bonchev–Trinajstić information content (AvgIpc) is 3.15. The van der Waals surface area contributed by atoms with Crippen LogP contribution >= 0.6 is 0 Å². The highest BCUT2D eigenvalue weighted by Crippen LogP contribution is 2.44. The molecule has 1 heterocycles. The van der Waals surface area contributed by atoms with Crippen LogP contribution in [0.2, 0.25) is 0 Å². The monoisotopic (exact) mass is 465 g/mol. The van der Waals surface area contributed by atoms with Gasteiger partial charge in [0.25, 0.3) is 0 Å². The van der Waals surface area contributed by atoms with Gasteiger partial charge in [0.05, 0.1) is 6.42 Å². The smallest absolute Gasteiger partial charge is 0.407 e. The molecule has 2 aromatic rings. The molecular weight excluding hydrogens is 434 g/mol. The van der Waals surface area contributed by atoms with Crippen molar-refractivity contribution in [2.75, 3.05) is 39.3 Å². The van der Waals surface area contributed by atoms with E-state index in [0.29, 0.717) is 32.7 Å². The first-order chi connectivity index (χ1) is 16.4. The molecule has 1 unspecified atom stereocenters. The van der Waals surface area contributed by atoms with E-state index >= 15 is 0 Å². The van der Waals surface area contributed by atoms with Crippen molar-refractivity contribution in [3.05, 3.63) is 59.7 Å². The molecule has 34 heavy (non-hydrogen) atoms. The fourth-order valence-corrected chi connectivity index (χ4v) is 4.76. The van der Waals surface area contributed by atoms with E-state index in [4.69, 9.17) is 9.84 Å². The number of carboxylic acids is 1. The third-order valence-corrected chi connectivity index (χ3v) is 6.56. The lowest BCUT2D eigenvalue weighted by Gasteiger charge is -2.35. The Kier molecular flexibility index (Phi) is 7.47. The van der Waals surface area contributed by atoms with Gasteiger partial charge in [0.1, 0.15) is 6.61 Å². The van der Waals surface area contributed by atoms with Crippen LogP contribution in [0.15, 0.2) is 48.5 Å². The fourth-order valence-electron chi connectivity index (χ4n) is 4.76. The Morgan fingerprint density at radius 1 is 1.00 bits per heavy atom. The Labute approximate surface area is 199 Å². The first-order valence-corrected chi connectivity index (χ1v) is 11.8. The predicted octanol–water partition coefficient (Wildman–Crippen LogP) is 2.92. The zero-order chi connectivity index (χ0) is 24.1. The number of carboxylic acid groups (broad SMARTS) is 1. The first kappa shape index (κ1) is 23.8. The summed E-state index contributed by atoms with van der Waals surface area (Å²) >= 11 is 0. The molecule has 1 atom stereocenters. The standard InChI is InChI=1S/C26H31N3O5/c1-18(16-24(30)29-14-12-28(13-15-29)11-10-25(31)32)27-26(33)34-17-23-21-8-4-2-6-19(21)20-7-3-5-9-22(20)23/h2-9,18,23H,10-17H2,1H3,(H,27,33)(H,31,32). The highest BCUT2D eigenvalue weighted by molar-refractivity contribution is 5.79. The Bertz CT molecular complexity index is 1000. The van der Waals surface area contributed by atoms with Crippen LogP contribution in [-0.2, 0) is 14.3 Å². The van der Waals surface area contributed by atoms with E-state index in [1.165, 1.54) is 11.1 Å². The van der Waals surface area contributed by atoms with Crippen molar-refractivity contribution < 1.29 is 24.2 Å². The molecule has 0 saturated carbocycles. The second-order valence-corrected chi connectivity index (χ2v) is 8.94. The molecule has 1 aliphatic carbocycles. The van der Waals surface area contributed by atoms with Crippen molar-refractivity contribution in [2.45, 2.75) is 31.7 Å². The summed E-state index contributed by atoms with van der Waals surface area (Å²) in [7, 11) is 0. The van der Waals surface area contributed by atoms with Crippen molar-refractivity contribution in [3.8, 4) is 11.1 Å². The van der Waals surface area contributed by atoms with Crippen LogP contribution in [-0.4, -0.2) is 78.2 Å². The van der Waals surface area contributed by atoms with Gasteiger partial charge in [-0.2, -0.15) is 0 Å². The maximum Gasteiger partial charge on any atom is 0.407 e. The van der Waals surface area contributed by atoms with Crippen LogP contribution in [0.4, 0.5) is 4.79 Å². The lowest BCUT2D eigenvalue weighted by Crippen LogP contribution is -2.50. The molecule has 4 rings (SSSR count). The number of hydrogen-bond donors (Lipinski definition) is 2. The summed E-state index contributed by atoms with van der Waals surface area (Å²) in [5.74, 6) is -0.844. The number of nitrogens with zero attached hydrogens (tertiary/aromatic N) is 2. The number of piperazine rings is 1. The van der Waals surface area contributed by atoms with Gasteiger partial charge in [0, 0.05) is 51.1 Å². The van der Waals surface area contributed by atoms with Crippen molar-refractivity contribution in [2.24, 2.45) is 0 Å². The zero-order valence-electron chi connectivity index (χ0n) is 19.4. The van der Waals surface area contributed by atoms with Gasteiger partial charge in [-0.25, -0.2) is 4.79 Å². The number of carbonyl (C=O) groups excluding carboxylic acids is 2. The molecule has 1 saturated heterocycles. The van der Waals surface area contributed by atoms with Gasteiger partial charge in [-0.15, -0.1) is 0 Å². The maximum atomic E-state index is 12.6. The summed E-state index contributed by atoms with van der Waals surface area (Å²) in [6.07, 6.45) is -0.227. The Hall–Kier alpha value is -3.39. The van der Waals surface area contributed by atoms with Gasteiger partial charge in [-0.05, 0) is 29.2 Å². The molecule has 8 nitrogen and oxygen atoms in total. The lowest BCUT2D eigenvalue weighted by atomic mass is 9.98. The molecule has 2 N–H and O–H groups in total. The zero-order valence-corrected chi connectivity index (χ0v) is 19.4. The molecule has 2 amide bonds. The first-order valence-electron chi connectivity index (χ1n) is 11.8. The van der Waals surface area contributed by atoms with Gasteiger partial charge >= 0.3 is 12.1 Å². The molecule has 8 heteroatoms. The minimum absolute atomic E-state index is 0.00693. The van der Waals surface area contributed by atoms with Crippen molar-refractivity contribution in [1.82, 2.24) is 15.1 Å². The highest BCUT2D eigenvalue weighted by atomic mass is 16.5.